The summed E-state index contributed by atoms with van der Waals surface area (Å²) in [5.41, 5.74) is -0.650. The van der Waals surface area contributed by atoms with Crippen LogP contribution in [0.15, 0.2) is 24.3 Å². The lowest BCUT2D eigenvalue weighted by atomic mass is 10.1. The van der Waals surface area contributed by atoms with Gasteiger partial charge in [0.15, 0.2) is 6.10 Å². The van der Waals surface area contributed by atoms with Crippen LogP contribution in [-0.2, 0) is 19.1 Å². The van der Waals surface area contributed by atoms with Crippen molar-refractivity contribution in [2.45, 2.75) is 32.4 Å². The van der Waals surface area contributed by atoms with Crippen molar-refractivity contribution in [3.63, 3.8) is 0 Å². The highest BCUT2D eigenvalue weighted by Crippen LogP contribution is 2.23. The number of nitrogens with one attached hydrogen (secondary N) is 2. The number of imide groups is 1. The Labute approximate surface area is 150 Å². The van der Waals surface area contributed by atoms with Crippen molar-refractivity contribution < 1.29 is 28.7 Å². The number of nitrogens with zero attached hydrogens (tertiary/aromatic N) is 1. The van der Waals surface area contributed by atoms with Crippen molar-refractivity contribution in [2.24, 2.45) is 0 Å². The maximum atomic E-state index is 12.2. The van der Waals surface area contributed by atoms with E-state index in [1.54, 1.807) is 24.3 Å². The summed E-state index contributed by atoms with van der Waals surface area (Å²) in [6, 6.07) is 6.10. The van der Waals surface area contributed by atoms with E-state index < -0.39 is 42.0 Å². The number of benzene rings is 1. The van der Waals surface area contributed by atoms with Gasteiger partial charge in [0, 0.05) is 0 Å². The van der Waals surface area contributed by atoms with Gasteiger partial charge in [0.25, 0.3) is 11.8 Å². The number of carbonyl (C=O) groups excluding carboxylic acids is 4. The Hall–Kier alpha value is -3.10. The van der Waals surface area contributed by atoms with Crippen LogP contribution in [0, 0.1) is 0 Å². The Kier molecular flexibility index (Phi) is 5.49. The number of methoxy groups -OCH3 is 1. The highest BCUT2D eigenvalue weighted by molar-refractivity contribution is 6.08. The van der Waals surface area contributed by atoms with E-state index in [-0.39, 0.29) is 0 Å². The summed E-state index contributed by atoms with van der Waals surface area (Å²) in [6.07, 6.45) is -1.12. The molecule has 4 amide bonds. The lowest BCUT2D eigenvalue weighted by molar-refractivity contribution is -0.155. The number of amides is 4. The summed E-state index contributed by atoms with van der Waals surface area (Å²) >= 11 is 0. The molecule has 1 aromatic carbocycles. The molecule has 0 saturated carbocycles. The van der Waals surface area contributed by atoms with Crippen molar-refractivity contribution in [2.75, 3.05) is 19.0 Å². The standard InChI is InChI=1S/C17H21N3O6/c1-10(14(22)18-11-7-5-6-8-12(11)25-4)26-13(21)9-20-15(23)17(2,3)19-16(20)24/h5-8,10H,9H2,1-4H3,(H,18,22)(H,19,24)/t10-/m1/s1. The van der Waals surface area contributed by atoms with Gasteiger partial charge in [-0.1, -0.05) is 12.1 Å². The lowest BCUT2D eigenvalue weighted by Gasteiger charge is -2.18. The van der Waals surface area contributed by atoms with Gasteiger partial charge in [-0.25, -0.2) is 4.79 Å². The van der Waals surface area contributed by atoms with E-state index in [0.717, 1.165) is 4.90 Å². The molecule has 26 heavy (non-hydrogen) atoms. The van der Waals surface area contributed by atoms with Gasteiger partial charge in [0.05, 0.1) is 12.8 Å². The second kappa shape index (κ2) is 7.42. The Morgan fingerprint density at radius 1 is 1.27 bits per heavy atom. The minimum atomic E-state index is -1.12. The maximum Gasteiger partial charge on any atom is 0.327 e. The first kappa shape index (κ1) is 19.2. The van der Waals surface area contributed by atoms with Crippen LogP contribution >= 0.6 is 0 Å². The fourth-order valence-corrected chi connectivity index (χ4v) is 2.36. The molecule has 140 valence electrons. The van der Waals surface area contributed by atoms with Crippen molar-refractivity contribution in [3.8, 4) is 5.75 Å². The number of ether oxygens (including phenoxy) is 2. The van der Waals surface area contributed by atoms with Gasteiger partial charge in [0.1, 0.15) is 17.8 Å². The zero-order valence-corrected chi connectivity index (χ0v) is 15.0. The van der Waals surface area contributed by atoms with Gasteiger partial charge in [-0.15, -0.1) is 0 Å². The van der Waals surface area contributed by atoms with E-state index in [9.17, 15) is 19.2 Å². The van der Waals surface area contributed by atoms with E-state index in [2.05, 4.69) is 10.6 Å². The van der Waals surface area contributed by atoms with Crippen LogP contribution in [0.4, 0.5) is 10.5 Å². The minimum absolute atomic E-state index is 0.429. The van der Waals surface area contributed by atoms with Crippen LogP contribution in [0.25, 0.3) is 0 Å². The first-order chi connectivity index (χ1) is 12.2. The Morgan fingerprint density at radius 2 is 1.92 bits per heavy atom. The summed E-state index contributed by atoms with van der Waals surface area (Å²) in [6.45, 7) is 3.88. The van der Waals surface area contributed by atoms with Crippen LogP contribution in [0.2, 0.25) is 0 Å². The number of urea groups is 1. The number of para-hydroxylation sites is 2. The Morgan fingerprint density at radius 3 is 2.50 bits per heavy atom. The number of hydrogen-bond donors (Lipinski definition) is 2. The molecule has 0 aromatic heterocycles. The molecule has 0 aliphatic carbocycles. The van der Waals surface area contributed by atoms with Crippen LogP contribution in [0.3, 0.4) is 0 Å². The van der Waals surface area contributed by atoms with E-state index in [0.29, 0.717) is 11.4 Å². The molecule has 9 nitrogen and oxygen atoms in total. The molecule has 1 heterocycles. The van der Waals surface area contributed by atoms with Crippen LogP contribution < -0.4 is 15.4 Å². The number of anilines is 1. The predicted octanol–water partition coefficient (Wildman–Crippen LogP) is 0.896. The summed E-state index contributed by atoms with van der Waals surface area (Å²) in [5.74, 6) is -1.51. The van der Waals surface area contributed by atoms with E-state index in [4.69, 9.17) is 9.47 Å². The number of rotatable bonds is 6. The number of carbonyl (C=O) groups is 4. The highest BCUT2D eigenvalue weighted by atomic mass is 16.5. The molecule has 1 fully saturated rings. The van der Waals surface area contributed by atoms with E-state index in [1.165, 1.54) is 27.9 Å². The fraction of sp³-hybridized carbons (Fsp3) is 0.412. The smallest absolute Gasteiger partial charge is 0.327 e. The second-order valence-electron chi connectivity index (χ2n) is 6.27. The molecule has 2 rings (SSSR count). The lowest BCUT2D eigenvalue weighted by Crippen LogP contribution is -2.42. The molecule has 1 aliphatic heterocycles. The first-order valence-corrected chi connectivity index (χ1v) is 7.93. The second-order valence-corrected chi connectivity index (χ2v) is 6.27. The molecule has 0 spiro atoms. The first-order valence-electron chi connectivity index (χ1n) is 7.93. The average Bonchev–Trinajstić information content (AvgIpc) is 2.77. The molecule has 9 heteroatoms. The number of hydrogen-bond acceptors (Lipinski definition) is 6. The highest BCUT2D eigenvalue weighted by Gasteiger charge is 2.45. The molecule has 0 bridgehead atoms. The fourth-order valence-electron chi connectivity index (χ4n) is 2.36. The Bertz CT molecular complexity index is 746. The monoisotopic (exact) mass is 363 g/mol. The van der Waals surface area contributed by atoms with Crippen LogP contribution in [0.5, 0.6) is 5.75 Å². The van der Waals surface area contributed by atoms with Gasteiger partial charge in [-0.3, -0.25) is 19.3 Å². The average molecular weight is 363 g/mol. The molecular formula is C17H21N3O6. The topological polar surface area (TPSA) is 114 Å². The van der Waals surface area contributed by atoms with Gasteiger partial charge in [0.2, 0.25) is 0 Å². The zero-order chi connectivity index (χ0) is 19.5. The molecule has 1 atom stereocenters. The van der Waals surface area contributed by atoms with Gasteiger partial charge >= 0.3 is 12.0 Å². The van der Waals surface area contributed by atoms with Crippen molar-refractivity contribution in [1.29, 1.82) is 0 Å². The summed E-state index contributed by atoms with van der Waals surface area (Å²) in [5, 5.41) is 5.05. The molecule has 1 aliphatic rings. The quantitative estimate of drug-likeness (QED) is 0.573. The third-order valence-electron chi connectivity index (χ3n) is 3.77. The number of esters is 1. The SMILES string of the molecule is COc1ccccc1NC(=O)[C@@H](C)OC(=O)CN1C(=O)NC(C)(C)C1=O. The predicted molar refractivity (Wildman–Crippen MR) is 91.5 cm³/mol. The Balaban J connectivity index is 1.93. The minimum Gasteiger partial charge on any atom is -0.495 e. The molecule has 1 aromatic rings. The van der Waals surface area contributed by atoms with Crippen molar-refractivity contribution in [1.82, 2.24) is 10.2 Å². The zero-order valence-electron chi connectivity index (χ0n) is 15.0. The van der Waals surface area contributed by atoms with E-state index >= 15 is 0 Å². The molecule has 0 radical (unpaired) electrons. The van der Waals surface area contributed by atoms with Crippen molar-refractivity contribution >= 4 is 29.5 Å². The molecule has 0 unspecified atom stereocenters. The molecule has 2 N–H and O–H groups in total. The van der Waals surface area contributed by atoms with Gasteiger partial charge < -0.3 is 20.1 Å². The maximum absolute atomic E-state index is 12.2. The molecule has 1 saturated heterocycles. The third-order valence-corrected chi connectivity index (χ3v) is 3.77. The molecular weight excluding hydrogens is 342 g/mol. The van der Waals surface area contributed by atoms with E-state index in [1.807, 2.05) is 0 Å². The normalized spacial score (nSPS) is 16.7. The summed E-state index contributed by atoms with van der Waals surface area (Å²) < 4.78 is 10.1. The van der Waals surface area contributed by atoms with Crippen LogP contribution in [0.1, 0.15) is 20.8 Å². The van der Waals surface area contributed by atoms with Crippen molar-refractivity contribution in [3.05, 3.63) is 24.3 Å². The summed E-state index contributed by atoms with van der Waals surface area (Å²) in [4.78, 5) is 48.7. The third kappa shape index (κ3) is 4.11. The largest absolute Gasteiger partial charge is 0.495 e. The summed E-state index contributed by atoms with van der Waals surface area (Å²) in [7, 11) is 1.47. The van der Waals surface area contributed by atoms with Crippen LogP contribution in [-0.4, -0.2) is 54.0 Å². The van der Waals surface area contributed by atoms with Gasteiger partial charge in [-0.05, 0) is 32.9 Å². The van der Waals surface area contributed by atoms with Gasteiger partial charge in [-0.2, -0.15) is 0 Å².